The summed E-state index contributed by atoms with van der Waals surface area (Å²) in [6.45, 7) is 4.35. The highest BCUT2D eigenvalue weighted by atomic mass is 16.5. The van der Waals surface area contributed by atoms with E-state index in [1.807, 2.05) is 30.3 Å². The normalized spacial score (nSPS) is 24.2. The van der Waals surface area contributed by atoms with Crippen LogP contribution in [0, 0.1) is 17.3 Å². The van der Waals surface area contributed by atoms with Gasteiger partial charge in [0.2, 0.25) is 0 Å². The van der Waals surface area contributed by atoms with E-state index in [0.29, 0.717) is 18.6 Å². The molecule has 182 valence electrons. The second-order valence-corrected chi connectivity index (χ2v) is 10.3. The van der Waals surface area contributed by atoms with Gasteiger partial charge < -0.3 is 15.4 Å². The fourth-order valence-electron chi connectivity index (χ4n) is 6.09. The van der Waals surface area contributed by atoms with E-state index < -0.39 is 0 Å². The molecule has 0 aliphatic heterocycles. The molecule has 2 N–H and O–H groups in total. The summed E-state index contributed by atoms with van der Waals surface area (Å²) in [4.78, 5) is 12.3. The molecular formula is C29H44N2O2. The Morgan fingerprint density at radius 1 is 1.03 bits per heavy atom. The average molecular weight is 453 g/mol. The van der Waals surface area contributed by atoms with Crippen molar-refractivity contribution in [3.8, 4) is 5.75 Å². The van der Waals surface area contributed by atoms with E-state index in [4.69, 9.17) is 4.74 Å². The van der Waals surface area contributed by atoms with Gasteiger partial charge in [-0.3, -0.25) is 0 Å². The van der Waals surface area contributed by atoms with E-state index in [1.54, 1.807) is 0 Å². The van der Waals surface area contributed by atoms with Crippen LogP contribution in [0.15, 0.2) is 54.6 Å². The maximum atomic E-state index is 12.3. The van der Waals surface area contributed by atoms with Crippen molar-refractivity contribution in [1.29, 1.82) is 0 Å². The molecule has 2 aliphatic carbocycles. The lowest BCUT2D eigenvalue weighted by Crippen LogP contribution is -2.42. The number of amides is 2. The lowest BCUT2D eigenvalue weighted by molar-refractivity contribution is 0.0317. The molecule has 2 bridgehead atoms. The van der Waals surface area contributed by atoms with Crippen molar-refractivity contribution in [2.45, 2.75) is 71.3 Å². The molecule has 2 aromatic carbocycles. The number of ether oxygens (including phenoxy) is 1. The minimum atomic E-state index is -0.0376. The molecule has 2 saturated carbocycles. The summed E-state index contributed by atoms with van der Waals surface area (Å²) < 4.78 is 5.85. The molecule has 3 atom stereocenters. The molecule has 0 spiro atoms. The van der Waals surface area contributed by atoms with Crippen LogP contribution in [-0.2, 0) is 13.0 Å². The molecule has 2 fully saturated rings. The van der Waals surface area contributed by atoms with Crippen LogP contribution in [0.4, 0.5) is 4.79 Å². The summed E-state index contributed by atoms with van der Waals surface area (Å²) in [5.74, 6) is 2.69. The average Bonchev–Trinajstić information content (AvgIpc) is 2.84. The second kappa shape index (κ2) is 11.6. The Morgan fingerprint density at radius 3 is 2.61 bits per heavy atom. The molecule has 4 rings (SSSR count). The van der Waals surface area contributed by atoms with E-state index in [1.165, 1.54) is 50.5 Å². The predicted molar refractivity (Wildman–Crippen MR) is 139 cm³/mol. The standard InChI is InChI=1S/C29H40N2O2.2H2/c1-2-23-19-26-9-6-15-29(20-23,21-26)16-18-31-28(32)30-17-14-24-10-12-27(13-11-24)33-22-25-7-4-3-5-8-25;;/h3-5,7-8,10-13,23,26H,2,6,9,14-22H2,1H3,(H2,30,31,32);2*1H. The van der Waals surface area contributed by atoms with Gasteiger partial charge in [0.1, 0.15) is 12.4 Å². The van der Waals surface area contributed by atoms with Gasteiger partial charge in [-0.25, -0.2) is 4.79 Å². The van der Waals surface area contributed by atoms with E-state index >= 15 is 0 Å². The smallest absolute Gasteiger partial charge is 0.314 e. The Balaban J connectivity index is 0.00000216. The molecule has 3 unspecified atom stereocenters. The largest absolute Gasteiger partial charge is 0.489 e. The molecule has 0 saturated heterocycles. The van der Waals surface area contributed by atoms with Gasteiger partial charge in [-0.05, 0) is 79.0 Å². The first-order chi connectivity index (χ1) is 16.1. The van der Waals surface area contributed by atoms with Gasteiger partial charge in [0.05, 0.1) is 0 Å². The van der Waals surface area contributed by atoms with Crippen molar-refractivity contribution in [2.75, 3.05) is 13.1 Å². The first-order valence-electron chi connectivity index (χ1n) is 12.9. The Kier molecular flexibility index (Phi) is 8.30. The van der Waals surface area contributed by atoms with Crippen molar-refractivity contribution in [1.82, 2.24) is 10.6 Å². The molecule has 0 radical (unpaired) electrons. The quantitative estimate of drug-likeness (QED) is 0.408. The van der Waals surface area contributed by atoms with Crippen LogP contribution < -0.4 is 15.4 Å². The highest BCUT2D eigenvalue weighted by Gasteiger charge is 2.41. The second-order valence-electron chi connectivity index (χ2n) is 10.3. The molecule has 0 heterocycles. The summed E-state index contributed by atoms with van der Waals surface area (Å²) in [6.07, 6.45) is 11.6. The molecule has 4 heteroatoms. The lowest BCUT2D eigenvalue weighted by atomic mass is 9.57. The zero-order chi connectivity index (χ0) is 22.9. The van der Waals surface area contributed by atoms with Gasteiger partial charge in [0.25, 0.3) is 0 Å². The van der Waals surface area contributed by atoms with E-state index in [9.17, 15) is 4.79 Å². The SMILES string of the molecule is CCC1CC2CCCC(CCNC(=O)NCCc3ccc(OCc4ccccc4)cc3)(C1)C2.[HH].[HH]. The number of urea groups is 1. The first-order valence-corrected chi connectivity index (χ1v) is 12.9. The fraction of sp³-hybridized carbons (Fsp3) is 0.552. The minimum absolute atomic E-state index is 0. The maximum absolute atomic E-state index is 12.3. The van der Waals surface area contributed by atoms with Gasteiger partial charge in [-0.15, -0.1) is 0 Å². The minimum Gasteiger partial charge on any atom is -0.489 e. The number of fused-ring (bicyclic) bond motifs is 2. The highest BCUT2D eigenvalue weighted by molar-refractivity contribution is 5.73. The Morgan fingerprint density at radius 2 is 1.82 bits per heavy atom. The molecule has 0 aromatic heterocycles. The Bertz CT molecular complexity index is 878. The number of rotatable bonds is 10. The summed E-state index contributed by atoms with van der Waals surface area (Å²) in [5.41, 5.74) is 2.84. The molecular weight excluding hydrogens is 408 g/mol. The van der Waals surface area contributed by atoms with Gasteiger partial charge in [0, 0.05) is 15.9 Å². The zero-order valence-corrected chi connectivity index (χ0v) is 20.2. The van der Waals surface area contributed by atoms with E-state index in [0.717, 1.165) is 42.5 Å². The first kappa shape index (κ1) is 23.7. The number of benzene rings is 2. The van der Waals surface area contributed by atoms with Crippen molar-refractivity contribution in [3.63, 3.8) is 0 Å². The van der Waals surface area contributed by atoms with Crippen molar-refractivity contribution >= 4 is 6.03 Å². The van der Waals surface area contributed by atoms with Gasteiger partial charge >= 0.3 is 6.03 Å². The molecule has 2 aromatic rings. The van der Waals surface area contributed by atoms with E-state index in [2.05, 4.69) is 41.8 Å². The number of hydrogen-bond acceptors (Lipinski definition) is 2. The van der Waals surface area contributed by atoms with Crippen LogP contribution in [-0.4, -0.2) is 19.1 Å². The number of nitrogens with one attached hydrogen (secondary N) is 2. The monoisotopic (exact) mass is 452 g/mol. The highest BCUT2D eigenvalue weighted by Crippen LogP contribution is 2.53. The predicted octanol–water partition coefficient (Wildman–Crippen LogP) is 6.99. The molecule has 33 heavy (non-hydrogen) atoms. The third kappa shape index (κ3) is 6.99. The van der Waals surface area contributed by atoms with Crippen LogP contribution in [0.2, 0.25) is 0 Å². The lowest BCUT2D eigenvalue weighted by Gasteiger charge is -2.48. The van der Waals surface area contributed by atoms with Crippen LogP contribution in [0.3, 0.4) is 0 Å². The van der Waals surface area contributed by atoms with Crippen molar-refractivity contribution in [2.24, 2.45) is 17.3 Å². The van der Waals surface area contributed by atoms with Crippen LogP contribution >= 0.6 is 0 Å². The third-order valence-corrected chi connectivity index (χ3v) is 7.82. The van der Waals surface area contributed by atoms with Gasteiger partial charge in [0.15, 0.2) is 0 Å². The summed E-state index contributed by atoms with van der Waals surface area (Å²) in [7, 11) is 0. The van der Waals surface area contributed by atoms with Crippen LogP contribution in [0.25, 0.3) is 0 Å². The summed E-state index contributed by atoms with van der Waals surface area (Å²) in [6, 6.07) is 18.3. The van der Waals surface area contributed by atoms with Crippen molar-refractivity contribution in [3.05, 3.63) is 65.7 Å². The Labute approximate surface area is 202 Å². The fourth-order valence-corrected chi connectivity index (χ4v) is 6.09. The summed E-state index contributed by atoms with van der Waals surface area (Å²) >= 11 is 0. The topological polar surface area (TPSA) is 50.4 Å². The molecule has 2 amide bonds. The summed E-state index contributed by atoms with van der Waals surface area (Å²) in [5, 5.41) is 6.14. The van der Waals surface area contributed by atoms with E-state index in [-0.39, 0.29) is 8.88 Å². The van der Waals surface area contributed by atoms with Gasteiger partial charge in [-0.2, -0.15) is 0 Å². The third-order valence-electron chi connectivity index (χ3n) is 7.82. The van der Waals surface area contributed by atoms with Crippen molar-refractivity contribution < 1.29 is 12.4 Å². The zero-order valence-electron chi connectivity index (χ0n) is 20.2. The number of hydrogen-bond donors (Lipinski definition) is 2. The van der Waals surface area contributed by atoms with Crippen LogP contribution in [0.1, 0.15) is 72.3 Å². The Hall–Kier alpha value is -2.49. The molecule has 2 aliphatic rings. The maximum Gasteiger partial charge on any atom is 0.314 e. The number of carbonyl (C=O) groups is 1. The molecule has 4 nitrogen and oxygen atoms in total. The number of carbonyl (C=O) groups excluding carboxylic acids is 1. The van der Waals surface area contributed by atoms with Crippen LogP contribution in [0.5, 0.6) is 5.75 Å². The van der Waals surface area contributed by atoms with Gasteiger partial charge in [-0.1, -0.05) is 68.7 Å².